The van der Waals surface area contributed by atoms with E-state index in [4.69, 9.17) is 4.74 Å². The molecule has 0 radical (unpaired) electrons. The van der Waals surface area contributed by atoms with Crippen LogP contribution in [0.1, 0.15) is 10.4 Å². The highest BCUT2D eigenvalue weighted by molar-refractivity contribution is 8.00. The maximum absolute atomic E-state index is 13.7. The Balaban J connectivity index is 2.04. The van der Waals surface area contributed by atoms with Gasteiger partial charge >= 0.3 is 0 Å². The van der Waals surface area contributed by atoms with Crippen molar-refractivity contribution in [2.75, 3.05) is 31.3 Å². The normalized spacial score (nSPS) is 10.4. The third kappa shape index (κ3) is 5.53. The summed E-state index contributed by atoms with van der Waals surface area (Å²) in [6.45, 7) is 0.811. The van der Waals surface area contributed by atoms with Crippen LogP contribution in [0.15, 0.2) is 47.4 Å². The number of benzene rings is 2. The number of halogens is 2. The van der Waals surface area contributed by atoms with E-state index in [1.54, 1.807) is 24.3 Å². The lowest BCUT2D eigenvalue weighted by atomic mass is 10.2. The summed E-state index contributed by atoms with van der Waals surface area (Å²) >= 11 is 1.18. The summed E-state index contributed by atoms with van der Waals surface area (Å²) in [5.41, 5.74) is 0.0259. The van der Waals surface area contributed by atoms with E-state index in [0.29, 0.717) is 18.0 Å². The zero-order valence-corrected chi connectivity index (χ0v) is 14.9. The van der Waals surface area contributed by atoms with Crippen molar-refractivity contribution in [1.82, 2.24) is 5.32 Å². The maximum Gasteiger partial charge on any atom is 0.256 e. The summed E-state index contributed by atoms with van der Waals surface area (Å²) < 4.78 is 31.8. The lowest BCUT2D eigenvalue weighted by molar-refractivity contribution is -0.118. The Kier molecular flexibility index (Phi) is 7.55. The minimum atomic E-state index is -1.12. The number of thioether (sulfide) groups is 1. The molecule has 0 aliphatic rings. The molecule has 0 fully saturated rings. The Hall–Kier alpha value is -2.45. The van der Waals surface area contributed by atoms with E-state index in [9.17, 15) is 18.4 Å². The number of hydrogen-bond acceptors (Lipinski definition) is 4. The zero-order valence-electron chi connectivity index (χ0n) is 14.1. The predicted octanol–water partition coefficient (Wildman–Crippen LogP) is 3.07. The van der Waals surface area contributed by atoms with Gasteiger partial charge in [-0.2, -0.15) is 0 Å². The number of carbonyl (C=O) groups excluding carboxylic acids is 2. The standard InChI is InChI=1S/C18H18F2N2O3S/c1-25-10-9-21-16(23)11-26-15-8-3-2-5-12(15)18(24)22-14-7-4-6-13(19)17(14)20/h2-8H,9-11H2,1H3,(H,21,23)(H,22,24). The molecule has 2 aromatic carbocycles. The van der Waals surface area contributed by atoms with E-state index < -0.39 is 17.5 Å². The molecule has 2 amide bonds. The van der Waals surface area contributed by atoms with Gasteiger partial charge in [-0.05, 0) is 24.3 Å². The molecule has 0 unspecified atom stereocenters. The molecule has 2 aromatic rings. The fourth-order valence-electron chi connectivity index (χ4n) is 2.06. The van der Waals surface area contributed by atoms with Gasteiger partial charge < -0.3 is 15.4 Å². The highest BCUT2D eigenvalue weighted by atomic mass is 32.2. The third-order valence-corrected chi connectivity index (χ3v) is 4.39. The van der Waals surface area contributed by atoms with E-state index in [-0.39, 0.29) is 22.9 Å². The maximum atomic E-state index is 13.7. The van der Waals surface area contributed by atoms with Crippen LogP contribution in [0.5, 0.6) is 0 Å². The van der Waals surface area contributed by atoms with Crippen molar-refractivity contribution >= 4 is 29.3 Å². The van der Waals surface area contributed by atoms with Crippen LogP contribution in [0.2, 0.25) is 0 Å². The first-order valence-corrected chi connectivity index (χ1v) is 8.74. The van der Waals surface area contributed by atoms with Gasteiger partial charge in [0.1, 0.15) is 0 Å². The van der Waals surface area contributed by atoms with Gasteiger partial charge in [0.05, 0.1) is 23.6 Å². The molecule has 0 atom stereocenters. The van der Waals surface area contributed by atoms with Gasteiger partial charge in [-0.25, -0.2) is 8.78 Å². The van der Waals surface area contributed by atoms with Gasteiger partial charge in [-0.15, -0.1) is 11.8 Å². The van der Waals surface area contributed by atoms with Crippen LogP contribution >= 0.6 is 11.8 Å². The summed E-state index contributed by atoms with van der Waals surface area (Å²) in [7, 11) is 1.54. The van der Waals surface area contributed by atoms with Crippen molar-refractivity contribution in [3.63, 3.8) is 0 Å². The van der Waals surface area contributed by atoms with E-state index in [1.165, 1.54) is 31.0 Å². The SMILES string of the molecule is COCCNC(=O)CSc1ccccc1C(=O)Nc1cccc(F)c1F. The number of hydrogen-bond donors (Lipinski definition) is 2. The van der Waals surface area contributed by atoms with Crippen LogP contribution in [0.3, 0.4) is 0 Å². The van der Waals surface area contributed by atoms with Crippen molar-refractivity contribution in [3.8, 4) is 0 Å². The lowest BCUT2D eigenvalue weighted by Gasteiger charge is -2.11. The van der Waals surface area contributed by atoms with E-state index >= 15 is 0 Å². The average Bonchev–Trinajstić information content (AvgIpc) is 2.64. The van der Waals surface area contributed by atoms with Gasteiger partial charge in [0.2, 0.25) is 5.91 Å². The summed E-state index contributed by atoms with van der Waals surface area (Å²) in [6, 6.07) is 10.2. The molecule has 0 saturated heterocycles. The Morgan fingerprint density at radius 3 is 2.65 bits per heavy atom. The minimum absolute atomic E-state index is 0.113. The second-order valence-electron chi connectivity index (χ2n) is 5.18. The molecule has 0 bridgehead atoms. The van der Waals surface area contributed by atoms with Crippen molar-refractivity contribution < 1.29 is 23.1 Å². The quantitative estimate of drug-likeness (QED) is 0.546. The molecule has 26 heavy (non-hydrogen) atoms. The van der Waals surface area contributed by atoms with Gasteiger partial charge in [-0.1, -0.05) is 18.2 Å². The number of ether oxygens (including phenoxy) is 1. The first kappa shape index (κ1) is 19.9. The van der Waals surface area contributed by atoms with Gasteiger partial charge in [0.25, 0.3) is 5.91 Å². The van der Waals surface area contributed by atoms with Crippen LogP contribution in [-0.4, -0.2) is 37.8 Å². The average molecular weight is 380 g/mol. The highest BCUT2D eigenvalue weighted by Crippen LogP contribution is 2.24. The number of methoxy groups -OCH3 is 1. The largest absolute Gasteiger partial charge is 0.383 e. The summed E-state index contributed by atoms with van der Waals surface area (Å²) in [5.74, 6) is -2.83. The molecule has 0 spiro atoms. The predicted molar refractivity (Wildman–Crippen MR) is 96.4 cm³/mol. The first-order chi connectivity index (χ1) is 12.5. The molecule has 2 N–H and O–H groups in total. The number of nitrogens with one attached hydrogen (secondary N) is 2. The number of anilines is 1. The molecule has 0 saturated carbocycles. The minimum Gasteiger partial charge on any atom is -0.383 e. The molecule has 0 aliphatic heterocycles. The number of amides is 2. The van der Waals surface area contributed by atoms with Crippen LogP contribution < -0.4 is 10.6 Å². The topological polar surface area (TPSA) is 67.4 Å². The van der Waals surface area contributed by atoms with Crippen LogP contribution in [-0.2, 0) is 9.53 Å². The van der Waals surface area contributed by atoms with Crippen LogP contribution in [0, 0.1) is 11.6 Å². The molecule has 138 valence electrons. The Morgan fingerprint density at radius 1 is 1.12 bits per heavy atom. The summed E-state index contributed by atoms with van der Waals surface area (Å²) in [4.78, 5) is 24.7. The van der Waals surface area contributed by atoms with Crippen LogP contribution in [0.4, 0.5) is 14.5 Å². The molecule has 0 heterocycles. The van der Waals surface area contributed by atoms with Crippen molar-refractivity contribution in [2.45, 2.75) is 4.90 Å². The molecular formula is C18H18F2N2O3S. The summed E-state index contributed by atoms with van der Waals surface area (Å²) in [5, 5.41) is 5.03. The van der Waals surface area contributed by atoms with Gasteiger partial charge in [-0.3, -0.25) is 9.59 Å². The monoisotopic (exact) mass is 380 g/mol. The Labute approximate surface area is 154 Å². The Morgan fingerprint density at radius 2 is 1.88 bits per heavy atom. The third-order valence-electron chi connectivity index (χ3n) is 3.32. The van der Waals surface area contributed by atoms with E-state index in [2.05, 4.69) is 10.6 Å². The fraction of sp³-hybridized carbons (Fsp3) is 0.222. The second kappa shape index (κ2) is 9.88. The smallest absolute Gasteiger partial charge is 0.256 e. The first-order valence-electron chi connectivity index (χ1n) is 7.75. The lowest BCUT2D eigenvalue weighted by Crippen LogP contribution is -2.28. The van der Waals surface area contributed by atoms with E-state index in [0.717, 1.165) is 6.07 Å². The van der Waals surface area contributed by atoms with Crippen molar-refractivity contribution in [1.29, 1.82) is 0 Å². The molecule has 5 nitrogen and oxygen atoms in total. The Bertz CT molecular complexity index is 787. The number of carbonyl (C=O) groups is 2. The molecule has 8 heteroatoms. The van der Waals surface area contributed by atoms with Crippen molar-refractivity contribution in [3.05, 3.63) is 59.7 Å². The molecular weight excluding hydrogens is 362 g/mol. The van der Waals surface area contributed by atoms with Gasteiger partial charge in [0.15, 0.2) is 11.6 Å². The zero-order chi connectivity index (χ0) is 18.9. The number of rotatable bonds is 8. The molecule has 2 rings (SSSR count). The van der Waals surface area contributed by atoms with Crippen molar-refractivity contribution in [2.24, 2.45) is 0 Å². The van der Waals surface area contributed by atoms with Crippen LogP contribution in [0.25, 0.3) is 0 Å². The van der Waals surface area contributed by atoms with E-state index in [1.807, 2.05) is 0 Å². The molecule has 0 aliphatic carbocycles. The highest BCUT2D eigenvalue weighted by Gasteiger charge is 2.16. The molecule has 0 aromatic heterocycles. The second-order valence-corrected chi connectivity index (χ2v) is 6.20. The fourth-order valence-corrected chi connectivity index (χ4v) is 2.94. The summed E-state index contributed by atoms with van der Waals surface area (Å²) in [6.07, 6.45) is 0. The van der Waals surface area contributed by atoms with Gasteiger partial charge in [0, 0.05) is 18.6 Å².